The van der Waals surface area contributed by atoms with Crippen molar-refractivity contribution in [3.8, 4) is 0 Å². The number of hydrogen-bond acceptors (Lipinski definition) is 4. The number of nitrogens with zero attached hydrogens (tertiary/aromatic N) is 2. The van der Waals surface area contributed by atoms with Crippen LogP contribution in [0, 0.1) is 13.8 Å². The van der Waals surface area contributed by atoms with Crippen molar-refractivity contribution in [1.82, 2.24) is 15.3 Å². The van der Waals surface area contributed by atoms with E-state index in [1.807, 2.05) is 19.9 Å². The maximum atomic E-state index is 4.30. The molecule has 0 saturated heterocycles. The summed E-state index contributed by atoms with van der Waals surface area (Å²) in [4.78, 5) is 8.60. The Bertz CT molecular complexity index is 278. The molecule has 15 heavy (non-hydrogen) atoms. The lowest BCUT2D eigenvalue weighted by Crippen LogP contribution is -2.23. The molecule has 0 aliphatic carbocycles. The van der Waals surface area contributed by atoms with Crippen LogP contribution in [0.2, 0.25) is 0 Å². The van der Waals surface area contributed by atoms with Crippen LogP contribution in [0.15, 0.2) is 6.07 Å². The molecule has 0 bridgehead atoms. The maximum absolute atomic E-state index is 4.30. The minimum absolute atomic E-state index is 0.728. The lowest BCUT2D eigenvalue weighted by molar-refractivity contribution is 0.686. The smallest absolute Gasteiger partial charge is 0.223 e. The molecule has 1 aromatic heterocycles. The highest BCUT2D eigenvalue weighted by atomic mass is 15.1. The van der Waals surface area contributed by atoms with E-state index < -0.39 is 0 Å². The van der Waals surface area contributed by atoms with Gasteiger partial charge in [0, 0.05) is 24.5 Å². The second-order valence-electron chi connectivity index (χ2n) is 3.65. The third-order valence-corrected chi connectivity index (χ3v) is 1.99. The molecule has 0 fully saturated rings. The van der Waals surface area contributed by atoms with E-state index in [0.717, 1.165) is 37.0 Å². The number of aromatic nitrogens is 2. The number of rotatable bonds is 6. The van der Waals surface area contributed by atoms with Gasteiger partial charge in [-0.15, -0.1) is 0 Å². The van der Waals surface area contributed by atoms with Gasteiger partial charge in [-0.05, 0) is 32.9 Å². The zero-order valence-corrected chi connectivity index (χ0v) is 9.80. The number of aryl methyl sites for hydroxylation is 2. The van der Waals surface area contributed by atoms with Gasteiger partial charge in [-0.2, -0.15) is 0 Å². The van der Waals surface area contributed by atoms with E-state index in [2.05, 4.69) is 27.5 Å². The molecule has 1 heterocycles. The van der Waals surface area contributed by atoms with Crippen molar-refractivity contribution < 1.29 is 0 Å². The standard InChI is InChI=1S/C11H20N4/c1-4-5-12-6-7-13-11-14-9(2)8-10(3)15-11/h8,12H,4-7H2,1-3H3,(H,13,14,15). The fourth-order valence-corrected chi connectivity index (χ4v) is 1.37. The zero-order valence-electron chi connectivity index (χ0n) is 9.80. The van der Waals surface area contributed by atoms with Crippen LogP contribution >= 0.6 is 0 Å². The average Bonchev–Trinajstić information content (AvgIpc) is 2.16. The Morgan fingerprint density at radius 1 is 1.07 bits per heavy atom. The second kappa shape index (κ2) is 6.35. The van der Waals surface area contributed by atoms with E-state index >= 15 is 0 Å². The van der Waals surface area contributed by atoms with Crippen LogP contribution in [0.3, 0.4) is 0 Å². The third-order valence-electron chi connectivity index (χ3n) is 1.99. The van der Waals surface area contributed by atoms with E-state index in [4.69, 9.17) is 0 Å². The largest absolute Gasteiger partial charge is 0.353 e. The van der Waals surface area contributed by atoms with Gasteiger partial charge in [0.2, 0.25) is 5.95 Å². The van der Waals surface area contributed by atoms with Gasteiger partial charge in [-0.1, -0.05) is 6.92 Å². The summed E-state index contributed by atoms with van der Waals surface area (Å²) in [6.07, 6.45) is 1.17. The monoisotopic (exact) mass is 208 g/mol. The van der Waals surface area contributed by atoms with Crippen LogP contribution < -0.4 is 10.6 Å². The molecule has 1 aromatic rings. The Balaban J connectivity index is 2.31. The number of nitrogens with one attached hydrogen (secondary N) is 2. The number of anilines is 1. The van der Waals surface area contributed by atoms with Crippen LogP contribution in [-0.2, 0) is 0 Å². The first kappa shape index (κ1) is 11.9. The van der Waals surface area contributed by atoms with Gasteiger partial charge < -0.3 is 10.6 Å². The fraction of sp³-hybridized carbons (Fsp3) is 0.636. The van der Waals surface area contributed by atoms with Crippen molar-refractivity contribution in [2.75, 3.05) is 25.0 Å². The predicted octanol–water partition coefficient (Wildman–Crippen LogP) is 1.50. The van der Waals surface area contributed by atoms with Crippen LogP contribution in [0.5, 0.6) is 0 Å². The summed E-state index contributed by atoms with van der Waals surface area (Å²) < 4.78 is 0. The summed E-state index contributed by atoms with van der Waals surface area (Å²) in [5, 5.41) is 6.52. The minimum atomic E-state index is 0.728. The van der Waals surface area contributed by atoms with E-state index in [9.17, 15) is 0 Å². The first-order valence-electron chi connectivity index (χ1n) is 5.49. The van der Waals surface area contributed by atoms with Crippen molar-refractivity contribution in [3.63, 3.8) is 0 Å². The second-order valence-corrected chi connectivity index (χ2v) is 3.65. The maximum Gasteiger partial charge on any atom is 0.223 e. The molecular formula is C11H20N4. The van der Waals surface area contributed by atoms with Gasteiger partial charge in [-0.25, -0.2) is 9.97 Å². The minimum Gasteiger partial charge on any atom is -0.353 e. The molecule has 0 amide bonds. The molecule has 0 saturated carbocycles. The Kier molecular flexibility index (Phi) is 5.04. The molecule has 0 unspecified atom stereocenters. The lowest BCUT2D eigenvalue weighted by Gasteiger charge is -2.06. The molecule has 0 aliphatic rings. The van der Waals surface area contributed by atoms with Crippen LogP contribution in [0.4, 0.5) is 5.95 Å². The molecule has 1 rings (SSSR count). The molecule has 0 spiro atoms. The van der Waals surface area contributed by atoms with Gasteiger partial charge in [-0.3, -0.25) is 0 Å². The molecular weight excluding hydrogens is 188 g/mol. The summed E-state index contributed by atoms with van der Waals surface area (Å²) in [6, 6.07) is 1.97. The van der Waals surface area contributed by atoms with Crippen molar-refractivity contribution in [1.29, 1.82) is 0 Å². The van der Waals surface area contributed by atoms with Gasteiger partial charge >= 0.3 is 0 Å². The Labute approximate surface area is 91.5 Å². The van der Waals surface area contributed by atoms with Crippen molar-refractivity contribution in [2.24, 2.45) is 0 Å². The van der Waals surface area contributed by atoms with Crippen molar-refractivity contribution in [3.05, 3.63) is 17.5 Å². The van der Waals surface area contributed by atoms with E-state index in [1.165, 1.54) is 6.42 Å². The van der Waals surface area contributed by atoms with E-state index in [-0.39, 0.29) is 0 Å². The van der Waals surface area contributed by atoms with Crippen molar-refractivity contribution >= 4 is 5.95 Å². The quantitative estimate of drug-likeness (QED) is 0.696. The molecule has 4 nitrogen and oxygen atoms in total. The molecule has 0 radical (unpaired) electrons. The number of hydrogen-bond donors (Lipinski definition) is 2. The molecule has 0 aliphatic heterocycles. The summed E-state index contributed by atoms with van der Waals surface area (Å²) in [5.41, 5.74) is 2.01. The third kappa shape index (κ3) is 4.74. The Morgan fingerprint density at radius 3 is 2.33 bits per heavy atom. The lowest BCUT2D eigenvalue weighted by atomic mass is 10.4. The molecule has 2 N–H and O–H groups in total. The fourth-order valence-electron chi connectivity index (χ4n) is 1.37. The highest BCUT2D eigenvalue weighted by Crippen LogP contribution is 2.02. The first-order valence-corrected chi connectivity index (χ1v) is 5.49. The predicted molar refractivity (Wildman–Crippen MR) is 63.2 cm³/mol. The van der Waals surface area contributed by atoms with Crippen LogP contribution in [0.25, 0.3) is 0 Å². The highest BCUT2D eigenvalue weighted by Gasteiger charge is 1.97. The first-order chi connectivity index (χ1) is 7.22. The molecule has 0 aromatic carbocycles. The SMILES string of the molecule is CCCNCCNc1nc(C)cc(C)n1. The normalized spacial score (nSPS) is 10.3. The molecule has 4 heteroatoms. The van der Waals surface area contributed by atoms with E-state index in [0.29, 0.717) is 0 Å². The summed E-state index contributed by atoms with van der Waals surface area (Å²) >= 11 is 0. The van der Waals surface area contributed by atoms with Gasteiger partial charge in [0.1, 0.15) is 0 Å². The Morgan fingerprint density at radius 2 is 1.73 bits per heavy atom. The van der Waals surface area contributed by atoms with Gasteiger partial charge in [0.25, 0.3) is 0 Å². The van der Waals surface area contributed by atoms with Gasteiger partial charge in [0.15, 0.2) is 0 Å². The average molecular weight is 208 g/mol. The summed E-state index contributed by atoms with van der Waals surface area (Å²) in [6.45, 7) is 9.00. The van der Waals surface area contributed by atoms with Crippen LogP contribution in [-0.4, -0.2) is 29.6 Å². The zero-order chi connectivity index (χ0) is 11.1. The topological polar surface area (TPSA) is 49.8 Å². The van der Waals surface area contributed by atoms with E-state index in [1.54, 1.807) is 0 Å². The molecule has 84 valence electrons. The van der Waals surface area contributed by atoms with Crippen LogP contribution in [0.1, 0.15) is 24.7 Å². The highest BCUT2D eigenvalue weighted by molar-refractivity contribution is 5.27. The summed E-state index contributed by atoms with van der Waals surface area (Å²) in [7, 11) is 0. The Hall–Kier alpha value is -1.16. The molecule has 0 atom stereocenters. The summed E-state index contributed by atoms with van der Waals surface area (Å²) in [5.74, 6) is 0.728. The van der Waals surface area contributed by atoms with Crippen molar-refractivity contribution in [2.45, 2.75) is 27.2 Å². The van der Waals surface area contributed by atoms with Gasteiger partial charge in [0.05, 0.1) is 0 Å².